The fourth-order valence-corrected chi connectivity index (χ4v) is 0.758. The minimum atomic E-state index is -1.28. The minimum Gasteiger partial charge on any atom is -0.481 e. The van der Waals surface area contributed by atoms with E-state index in [1.165, 1.54) is 0 Å². The first kappa shape index (κ1) is 9.17. The quantitative estimate of drug-likeness (QED) is 0.668. The van der Waals surface area contributed by atoms with Crippen LogP contribution in [0.15, 0.2) is 4.63 Å². The predicted molar refractivity (Wildman–Crippen MR) is 37.2 cm³/mol. The molecule has 2 N–H and O–H groups in total. The van der Waals surface area contributed by atoms with Gasteiger partial charge in [-0.25, -0.2) is 9.42 Å². The fraction of sp³-hybridized carbons (Fsp3) is 0.333. The number of aliphatic carboxylic acids is 1. The Labute approximate surface area is 71.9 Å². The topological polar surface area (TPSA) is 114 Å². The molecule has 0 aromatic carbocycles. The minimum absolute atomic E-state index is 0.000463. The summed E-state index contributed by atoms with van der Waals surface area (Å²) in [5.41, 5.74) is -0.281. The van der Waals surface area contributed by atoms with Gasteiger partial charge >= 0.3 is 11.9 Å². The Hall–Kier alpha value is -1.92. The SMILES string of the molecule is O=C(O)CCc1nonc1C(=O)O. The molecule has 13 heavy (non-hydrogen) atoms. The zero-order chi connectivity index (χ0) is 9.84. The highest BCUT2D eigenvalue weighted by atomic mass is 16.6. The van der Waals surface area contributed by atoms with Crippen molar-refractivity contribution in [2.75, 3.05) is 0 Å². The highest BCUT2D eigenvalue weighted by Gasteiger charge is 2.17. The normalized spacial score (nSPS) is 9.85. The van der Waals surface area contributed by atoms with Gasteiger partial charge in [-0.15, -0.1) is 0 Å². The lowest BCUT2D eigenvalue weighted by atomic mass is 10.2. The average molecular weight is 186 g/mol. The molecule has 0 amide bonds. The first-order chi connectivity index (χ1) is 6.11. The van der Waals surface area contributed by atoms with E-state index in [-0.39, 0.29) is 24.2 Å². The van der Waals surface area contributed by atoms with Gasteiger partial charge in [0.1, 0.15) is 5.69 Å². The number of aromatic carboxylic acids is 1. The van der Waals surface area contributed by atoms with Crippen molar-refractivity contribution in [3.63, 3.8) is 0 Å². The average Bonchev–Trinajstić information content (AvgIpc) is 2.47. The van der Waals surface area contributed by atoms with Crippen LogP contribution in [-0.4, -0.2) is 32.5 Å². The third kappa shape index (κ3) is 2.26. The summed E-state index contributed by atoms with van der Waals surface area (Å²) in [6.45, 7) is 0. The highest BCUT2D eigenvalue weighted by molar-refractivity contribution is 5.86. The molecule has 1 aromatic rings. The van der Waals surface area contributed by atoms with E-state index < -0.39 is 11.9 Å². The van der Waals surface area contributed by atoms with Gasteiger partial charge in [0.15, 0.2) is 0 Å². The van der Waals surface area contributed by atoms with E-state index in [9.17, 15) is 9.59 Å². The third-order valence-corrected chi connectivity index (χ3v) is 1.33. The van der Waals surface area contributed by atoms with Crippen molar-refractivity contribution < 1.29 is 24.4 Å². The number of nitrogens with zero attached hydrogens (tertiary/aromatic N) is 2. The molecule has 7 heteroatoms. The van der Waals surface area contributed by atoms with E-state index in [2.05, 4.69) is 14.9 Å². The van der Waals surface area contributed by atoms with E-state index in [1.54, 1.807) is 0 Å². The van der Waals surface area contributed by atoms with Crippen LogP contribution in [-0.2, 0) is 11.2 Å². The van der Waals surface area contributed by atoms with Crippen LogP contribution in [0.3, 0.4) is 0 Å². The lowest BCUT2D eigenvalue weighted by Crippen LogP contribution is -2.04. The molecule has 0 spiro atoms. The zero-order valence-electron chi connectivity index (χ0n) is 6.43. The molecule has 0 unspecified atom stereocenters. The van der Waals surface area contributed by atoms with Gasteiger partial charge in [-0.1, -0.05) is 5.16 Å². The Morgan fingerprint density at radius 1 is 1.31 bits per heavy atom. The summed E-state index contributed by atoms with van der Waals surface area (Å²) in [4.78, 5) is 20.6. The summed E-state index contributed by atoms with van der Waals surface area (Å²) in [7, 11) is 0. The zero-order valence-corrected chi connectivity index (χ0v) is 6.43. The summed E-state index contributed by atoms with van der Waals surface area (Å²) in [5, 5.41) is 23.2. The van der Waals surface area contributed by atoms with E-state index in [1.807, 2.05) is 0 Å². The van der Waals surface area contributed by atoms with E-state index in [0.29, 0.717) is 0 Å². The van der Waals surface area contributed by atoms with Crippen molar-refractivity contribution >= 4 is 11.9 Å². The number of aromatic nitrogens is 2. The van der Waals surface area contributed by atoms with Gasteiger partial charge < -0.3 is 10.2 Å². The number of rotatable bonds is 4. The van der Waals surface area contributed by atoms with Gasteiger partial charge in [0.2, 0.25) is 5.69 Å². The second-order valence-corrected chi connectivity index (χ2v) is 2.26. The van der Waals surface area contributed by atoms with Gasteiger partial charge in [0.05, 0.1) is 6.42 Å². The standard InChI is InChI=1S/C6H6N2O5/c9-4(10)2-1-3-5(6(11)12)8-13-7-3/h1-2H2,(H,9,10)(H,11,12). The van der Waals surface area contributed by atoms with Crippen molar-refractivity contribution in [3.8, 4) is 0 Å². The first-order valence-electron chi connectivity index (χ1n) is 3.37. The van der Waals surface area contributed by atoms with Crippen LogP contribution in [0.4, 0.5) is 0 Å². The van der Waals surface area contributed by atoms with Gasteiger partial charge in [-0.2, -0.15) is 0 Å². The van der Waals surface area contributed by atoms with Crippen molar-refractivity contribution in [1.82, 2.24) is 10.3 Å². The van der Waals surface area contributed by atoms with Crippen LogP contribution in [0.5, 0.6) is 0 Å². The summed E-state index contributed by atoms with van der Waals surface area (Å²) in [6.07, 6.45) is -0.199. The van der Waals surface area contributed by atoms with Crippen molar-refractivity contribution in [3.05, 3.63) is 11.4 Å². The van der Waals surface area contributed by atoms with Gasteiger partial charge in [-0.3, -0.25) is 4.79 Å². The Morgan fingerprint density at radius 3 is 2.54 bits per heavy atom. The molecule has 0 atom stereocenters. The molecule has 0 bridgehead atoms. The molecule has 70 valence electrons. The molecule has 0 saturated heterocycles. The molecule has 0 radical (unpaired) electrons. The van der Waals surface area contributed by atoms with Crippen LogP contribution in [0.1, 0.15) is 22.6 Å². The molecule has 1 rings (SSSR count). The number of carbonyl (C=O) groups is 2. The first-order valence-corrected chi connectivity index (χ1v) is 3.37. The van der Waals surface area contributed by atoms with Crippen LogP contribution in [0.2, 0.25) is 0 Å². The van der Waals surface area contributed by atoms with Gasteiger partial charge in [0.25, 0.3) is 0 Å². The second kappa shape index (κ2) is 3.65. The van der Waals surface area contributed by atoms with Crippen molar-refractivity contribution in [2.24, 2.45) is 0 Å². The van der Waals surface area contributed by atoms with Gasteiger partial charge in [0, 0.05) is 6.42 Å². The third-order valence-electron chi connectivity index (χ3n) is 1.33. The molecule has 0 aliphatic carbocycles. The van der Waals surface area contributed by atoms with Crippen molar-refractivity contribution in [2.45, 2.75) is 12.8 Å². The maximum Gasteiger partial charge on any atom is 0.360 e. The van der Waals surface area contributed by atoms with Crippen LogP contribution < -0.4 is 0 Å². The Morgan fingerprint density at radius 2 is 2.00 bits per heavy atom. The summed E-state index contributed by atoms with van der Waals surface area (Å²) >= 11 is 0. The Balaban J connectivity index is 2.71. The number of aryl methyl sites for hydroxylation is 1. The molecule has 0 aliphatic heterocycles. The van der Waals surface area contributed by atoms with E-state index in [4.69, 9.17) is 10.2 Å². The van der Waals surface area contributed by atoms with E-state index in [0.717, 1.165) is 0 Å². The molecular weight excluding hydrogens is 180 g/mol. The monoisotopic (exact) mass is 186 g/mol. The van der Waals surface area contributed by atoms with Gasteiger partial charge in [-0.05, 0) is 5.16 Å². The second-order valence-electron chi connectivity index (χ2n) is 2.26. The Bertz CT molecular complexity index is 332. The number of carboxylic acid groups (broad SMARTS) is 2. The predicted octanol–water partition coefficient (Wildman–Crippen LogP) is -0.215. The number of hydrogen-bond acceptors (Lipinski definition) is 5. The molecule has 0 fully saturated rings. The molecule has 0 saturated carbocycles. The van der Waals surface area contributed by atoms with E-state index >= 15 is 0 Å². The summed E-state index contributed by atoms with van der Waals surface area (Å²) < 4.78 is 4.17. The molecular formula is C6H6N2O5. The Kier molecular flexibility index (Phi) is 2.58. The van der Waals surface area contributed by atoms with Crippen molar-refractivity contribution in [1.29, 1.82) is 0 Å². The lowest BCUT2D eigenvalue weighted by molar-refractivity contribution is -0.137. The van der Waals surface area contributed by atoms with Crippen LogP contribution >= 0.6 is 0 Å². The fourth-order valence-electron chi connectivity index (χ4n) is 0.758. The maximum absolute atomic E-state index is 10.4. The smallest absolute Gasteiger partial charge is 0.360 e. The number of hydrogen-bond donors (Lipinski definition) is 2. The molecule has 7 nitrogen and oxygen atoms in total. The number of carboxylic acids is 2. The van der Waals surface area contributed by atoms with Crippen LogP contribution in [0.25, 0.3) is 0 Å². The largest absolute Gasteiger partial charge is 0.481 e. The highest BCUT2D eigenvalue weighted by Crippen LogP contribution is 2.05. The molecule has 1 aromatic heterocycles. The molecule has 1 heterocycles. The maximum atomic E-state index is 10.4. The molecule has 0 aliphatic rings. The summed E-state index contributed by atoms with van der Waals surface area (Å²) in [5.74, 6) is -2.30. The lowest BCUT2D eigenvalue weighted by Gasteiger charge is -1.90. The van der Waals surface area contributed by atoms with Crippen LogP contribution in [0, 0.1) is 0 Å². The summed E-state index contributed by atoms with van der Waals surface area (Å²) in [6, 6.07) is 0.